The first-order chi connectivity index (χ1) is 12.1. The van der Waals surface area contributed by atoms with E-state index in [1.54, 1.807) is 0 Å². The normalized spacial score (nSPS) is 11.1. The molecule has 0 unspecified atom stereocenters. The van der Waals surface area contributed by atoms with Crippen molar-refractivity contribution in [2.45, 2.75) is 26.6 Å². The molecule has 1 radical (unpaired) electrons. The maximum absolute atomic E-state index is 4.20. The first kappa shape index (κ1) is 18.8. The lowest BCUT2D eigenvalue weighted by atomic mass is 9.63. The molecule has 0 nitrogen and oxygen atoms in total. The van der Waals surface area contributed by atoms with Crippen LogP contribution in [0.3, 0.4) is 0 Å². The molecular weight excluding hydrogens is 299 g/mol. The van der Waals surface area contributed by atoms with Crippen molar-refractivity contribution in [2.24, 2.45) is 0 Å². The third kappa shape index (κ3) is 6.47. The van der Waals surface area contributed by atoms with E-state index in [0.29, 0.717) is 0 Å². The highest BCUT2D eigenvalue weighted by atomic mass is 14.0. The van der Waals surface area contributed by atoms with Gasteiger partial charge < -0.3 is 0 Å². The van der Waals surface area contributed by atoms with Crippen molar-refractivity contribution in [3.63, 3.8) is 0 Å². The van der Waals surface area contributed by atoms with Gasteiger partial charge in [0.15, 0.2) is 0 Å². The predicted molar refractivity (Wildman–Crippen MR) is 113 cm³/mol. The van der Waals surface area contributed by atoms with Crippen molar-refractivity contribution >= 4 is 12.9 Å². The van der Waals surface area contributed by atoms with Gasteiger partial charge in [-0.1, -0.05) is 96.9 Å². The SMILES string of the molecule is C=C([B]Cc1cccc(C)c1)Cc1ccc(C(=C)/C=C\C=C/C)cc1. The second kappa shape index (κ2) is 9.69. The van der Waals surface area contributed by atoms with E-state index in [2.05, 4.69) is 75.9 Å². The molecule has 0 amide bonds. The minimum absolute atomic E-state index is 0.882. The molecule has 0 aliphatic rings. The average Bonchev–Trinajstić information content (AvgIpc) is 2.61. The summed E-state index contributed by atoms with van der Waals surface area (Å²) in [5.74, 6) is 0. The molecular formula is C24H26B. The van der Waals surface area contributed by atoms with Gasteiger partial charge in [0.1, 0.15) is 7.28 Å². The highest BCUT2D eigenvalue weighted by Gasteiger charge is 2.02. The van der Waals surface area contributed by atoms with Gasteiger partial charge in [-0.15, -0.1) is 12.1 Å². The van der Waals surface area contributed by atoms with Crippen molar-refractivity contribution in [3.05, 3.63) is 114 Å². The molecule has 0 aliphatic heterocycles. The van der Waals surface area contributed by atoms with Gasteiger partial charge in [0.2, 0.25) is 0 Å². The second-order valence-electron chi connectivity index (χ2n) is 6.34. The molecule has 2 aromatic carbocycles. The summed E-state index contributed by atoms with van der Waals surface area (Å²) in [6.45, 7) is 12.4. The van der Waals surface area contributed by atoms with Crippen LogP contribution < -0.4 is 0 Å². The molecule has 2 rings (SSSR count). The topological polar surface area (TPSA) is 0 Å². The van der Waals surface area contributed by atoms with E-state index in [-0.39, 0.29) is 0 Å². The van der Waals surface area contributed by atoms with Crippen LogP contribution in [0.15, 0.2) is 91.5 Å². The molecule has 0 bridgehead atoms. The van der Waals surface area contributed by atoms with Gasteiger partial charge in [-0.25, -0.2) is 0 Å². The summed E-state index contributed by atoms with van der Waals surface area (Å²) in [7, 11) is 2.22. The van der Waals surface area contributed by atoms with Crippen molar-refractivity contribution in [3.8, 4) is 0 Å². The second-order valence-corrected chi connectivity index (χ2v) is 6.34. The maximum atomic E-state index is 4.20. The molecule has 25 heavy (non-hydrogen) atoms. The van der Waals surface area contributed by atoms with E-state index in [0.717, 1.165) is 29.4 Å². The van der Waals surface area contributed by atoms with E-state index in [1.165, 1.54) is 16.7 Å². The minimum atomic E-state index is 0.882. The third-order valence-corrected chi connectivity index (χ3v) is 4.07. The Morgan fingerprint density at radius 2 is 1.76 bits per heavy atom. The number of aryl methyl sites for hydroxylation is 1. The molecule has 0 heterocycles. The van der Waals surface area contributed by atoms with E-state index >= 15 is 0 Å². The molecule has 0 aliphatic carbocycles. The molecule has 0 saturated carbocycles. The van der Waals surface area contributed by atoms with Crippen molar-refractivity contribution in [1.82, 2.24) is 0 Å². The van der Waals surface area contributed by atoms with Gasteiger partial charge in [-0.05, 0) is 37.0 Å². The quantitative estimate of drug-likeness (QED) is 0.406. The summed E-state index contributed by atoms with van der Waals surface area (Å²) in [6.07, 6.45) is 9.87. The first-order valence-corrected chi connectivity index (χ1v) is 8.72. The monoisotopic (exact) mass is 325 g/mol. The summed E-state index contributed by atoms with van der Waals surface area (Å²) >= 11 is 0. The van der Waals surface area contributed by atoms with E-state index in [1.807, 2.05) is 31.2 Å². The molecule has 125 valence electrons. The predicted octanol–water partition coefficient (Wildman–Crippen LogP) is 6.10. The van der Waals surface area contributed by atoms with Crippen LogP contribution in [0, 0.1) is 6.92 Å². The average molecular weight is 325 g/mol. The highest BCUT2D eigenvalue weighted by molar-refractivity contribution is 6.44. The van der Waals surface area contributed by atoms with Crippen LogP contribution in [0.4, 0.5) is 0 Å². The lowest BCUT2D eigenvalue weighted by molar-refractivity contribution is 1.23. The number of hydrogen-bond donors (Lipinski definition) is 0. The fraction of sp³-hybridized carbons (Fsp3) is 0.167. The largest absolute Gasteiger partial charge is 0.150 e. The first-order valence-electron chi connectivity index (χ1n) is 8.72. The summed E-state index contributed by atoms with van der Waals surface area (Å²) in [4.78, 5) is 0. The van der Waals surface area contributed by atoms with Gasteiger partial charge in [0.05, 0.1) is 0 Å². The van der Waals surface area contributed by atoms with Crippen LogP contribution in [0.5, 0.6) is 0 Å². The van der Waals surface area contributed by atoms with E-state index in [9.17, 15) is 0 Å². The van der Waals surface area contributed by atoms with Crippen molar-refractivity contribution in [2.75, 3.05) is 0 Å². The van der Waals surface area contributed by atoms with Crippen LogP contribution >= 0.6 is 0 Å². The van der Waals surface area contributed by atoms with Crippen molar-refractivity contribution in [1.29, 1.82) is 0 Å². The summed E-state index contributed by atoms with van der Waals surface area (Å²) in [6, 6.07) is 17.2. The Bertz CT molecular complexity index is 776. The highest BCUT2D eigenvalue weighted by Crippen LogP contribution is 2.16. The fourth-order valence-electron chi connectivity index (χ4n) is 2.65. The smallest absolute Gasteiger partial charge is 0.111 e. The van der Waals surface area contributed by atoms with Gasteiger partial charge in [-0.2, -0.15) is 0 Å². The Morgan fingerprint density at radius 3 is 2.44 bits per heavy atom. The van der Waals surface area contributed by atoms with Crippen LogP contribution in [0.1, 0.15) is 29.2 Å². The lowest BCUT2D eigenvalue weighted by Crippen LogP contribution is -2.03. The van der Waals surface area contributed by atoms with Crippen molar-refractivity contribution < 1.29 is 0 Å². The van der Waals surface area contributed by atoms with E-state index < -0.39 is 0 Å². The van der Waals surface area contributed by atoms with Crippen LogP contribution in [0.25, 0.3) is 5.57 Å². The minimum Gasteiger partial charge on any atom is -0.111 e. The number of hydrogen-bond acceptors (Lipinski definition) is 0. The van der Waals surface area contributed by atoms with Gasteiger partial charge in [0, 0.05) is 0 Å². The third-order valence-electron chi connectivity index (χ3n) is 4.07. The lowest BCUT2D eigenvalue weighted by Gasteiger charge is -2.07. The van der Waals surface area contributed by atoms with Gasteiger partial charge in [-0.3, -0.25) is 0 Å². The molecule has 0 atom stereocenters. The summed E-state index contributed by atoms with van der Waals surface area (Å²) in [5.41, 5.74) is 7.24. The summed E-state index contributed by atoms with van der Waals surface area (Å²) < 4.78 is 0. The Morgan fingerprint density at radius 1 is 1.00 bits per heavy atom. The molecule has 0 fully saturated rings. The van der Waals surface area contributed by atoms with Gasteiger partial charge >= 0.3 is 0 Å². The molecule has 2 aromatic rings. The van der Waals surface area contributed by atoms with Gasteiger partial charge in [0.25, 0.3) is 0 Å². The summed E-state index contributed by atoms with van der Waals surface area (Å²) in [5, 5.41) is 0. The zero-order chi connectivity index (χ0) is 18.1. The standard InChI is InChI=1S/C24H26B/c1-5-6-7-10-20(3)24-14-12-22(13-15-24)17-21(4)25-18-23-11-8-9-19(2)16-23/h5-16H,3-4,17-18H2,1-2H3/b6-5-,10-7-. The fourth-order valence-corrected chi connectivity index (χ4v) is 2.65. The zero-order valence-corrected chi connectivity index (χ0v) is 15.3. The number of benzene rings is 2. The molecule has 0 N–H and O–H groups in total. The Labute approximate surface area is 153 Å². The number of rotatable bonds is 8. The molecule has 0 saturated heterocycles. The zero-order valence-electron chi connectivity index (χ0n) is 15.3. The molecule has 0 spiro atoms. The Hall–Kier alpha value is -2.54. The van der Waals surface area contributed by atoms with Crippen LogP contribution in [0.2, 0.25) is 0 Å². The Kier molecular flexibility index (Phi) is 7.28. The van der Waals surface area contributed by atoms with Crippen LogP contribution in [-0.4, -0.2) is 7.28 Å². The number of allylic oxidation sites excluding steroid dienone is 6. The molecule has 1 heteroatoms. The molecule has 0 aromatic heterocycles. The van der Waals surface area contributed by atoms with E-state index in [4.69, 9.17) is 0 Å². The van der Waals surface area contributed by atoms with Crippen LogP contribution in [-0.2, 0) is 12.7 Å². The maximum Gasteiger partial charge on any atom is 0.150 e. The Balaban J connectivity index is 1.87.